The molecule has 1 aliphatic rings. The molecule has 0 amide bonds. The Balaban J connectivity index is 2.55. The van der Waals surface area contributed by atoms with Crippen LogP contribution in [0.15, 0.2) is 24.3 Å². The van der Waals surface area contributed by atoms with E-state index in [4.69, 9.17) is 4.74 Å². The van der Waals surface area contributed by atoms with Crippen molar-refractivity contribution in [1.82, 2.24) is 0 Å². The van der Waals surface area contributed by atoms with Crippen LogP contribution >= 0.6 is 8.58 Å². The van der Waals surface area contributed by atoms with E-state index in [0.717, 1.165) is 11.7 Å². The van der Waals surface area contributed by atoms with Crippen LogP contribution in [0.1, 0.15) is 56.0 Å². The number of carbonyl (C=O) groups excluding carboxylic acids is 1. The van der Waals surface area contributed by atoms with Crippen molar-refractivity contribution in [3.8, 4) is 0 Å². The van der Waals surface area contributed by atoms with E-state index in [-0.39, 0.29) is 10.7 Å². The summed E-state index contributed by atoms with van der Waals surface area (Å²) in [5, 5.41) is 19.2. The van der Waals surface area contributed by atoms with Crippen LogP contribution in [0, 0.1) is 11.8 Å². The van der Waals surface area contributed by atoms with E-state index in [9.17, 15) is 67.7 Å². The van der Waals surface area contributed by atoms with E-state index in [1.807, 2.05) is 20.8 Å². The molecule has 1 aromatic rings. The molecule has 1 aliphatic carbocycles. The van der Waals surface area contributed by atoms with E-state index >= 15 is 0 Å². The number of carbonyl (C=O) groups is 1. The number of alkyl halides is 12. The molecule has 41 heavy (non-hydrogen) atoms. The van der Waals surface area contributed by atoms with Gasteiger partial charge in [0.05, 0.1) is 5.56 Å². The summed E-state index contributed by atoms with van der Waals surface area (Å²) in [5.74, 6) is -8.27. The Bertz CT molecular complexity index is 987. The molecule has 17 heteroatoms. The summed E-state index contributed by atoms with van der Waals surface area (Å²) in [4.78, 5) is 12.7. The molecule has 0 radical (unpaired) electrons. The zero-order valence-electron chi connectivity index (χ0n) is 21.6. The van der Waals surface area contributed by atoms with Gasteiger partial charge in [0.25, 0.3) is 11.2 Å². The normalized spacial score (nSPS) is 22.3. The van der Waals surface area contributed by atoms with Gasteiger partial charge in [-0.15, -0.1) is 8.58 Å². The molecular formula is C24H27F12O4P. The van der Waals surface area contributed by atoms with Gasteiger partial charge in [-0.05, 0) is 43.1 Å². The topological polar surface area (TPSA) is 66.8 Å². The lowest BCUT2D eigenvalue weighted by atomic mass is 9.65. The fourth-order valence-corrected chi connectivity index (χ4v) is 6.33. The minimum absolute atomic E-state index is 0.341. The Morgan fingerprint density at radius 1 is 0.756 bits per heavy atom. The number of ether oxygens (including phenoxy) is 1. The lowest BCUT2D eigenvalue weighted by molar-refractivity contribution is -0.405. The van der Waals surface area contributed by atoms with Gasteiger partial charge >= 0.3 is 30.7 Å². The van der Waals surface area contributed by atoms with Crippen molar-refractivity contribution in [2.75, 3.05) is 6.16 Å². The Morgan fingerprint density at radius 2 is 1.12 bits per heavy atom. The molecule has 0 spiro atoms. The predicted octanol–water partition coefficient (Wildman–Crippen LogP) is 7.27. The van der Waals surface area contributed by atoms with Crippen molar-refractivity contribution < 1.29 is 72.4 Å². The number of benzene rings is 1. The first-order valence-corrected chi connectivity index (χ1v) is 13.2. The van der Waals surface area contributed by atoms with E-state index in [2.05, 4.69) is 0 Å². The van der Waals surface area contributed by atoms with Crippen molar-refractivity contribution >= 4 is 14.6 Å². The molecule has 0 saturated heterocycles. The maximum absolute atomic E-state index is 13.5. The summed E-state index contributed by atoms with van der Waals surface area (Å²) in [6, 6.07) is 5.26. The van der Waals surface area contributed by atoms with E-state index in [1.165, 1.54) is 24.3 Å². The summed E-state index contributed by atoms with van der Waals surface area (Å²) >= 11 is 0. The van der Waals surface area contributed by atoms with Crippen LogP contribution in [-0.2, 0) is 9.89 Å². The SMILES string of the molecule is CCPC(C)(C)c1ccc(C(=O)OC2CC(C(O)(C(F)(F)F)C(F)(F)F)CC(C(O)(C(F)(F)F)C(F)(F)F)C2)cc1. The summed E-state index contributed by atoms with van der Waals surface area (Å²) < 4.78 is 167. The van der Waals surface area contributed by atoms with Crippen molar-refractivity contribution in [2.45, 2.75) is 87.2 Å². The van der Waals surface area contributed by atoms with Crippen molar-refractivity contribution in [2.24, 2.45) is 11.8 Å². The molecule has 2 N–H and O–H groups in total. The molecule has 0 aromatic heterocycles. The molecule has 0 heterocycles. The fraction of sp³-hybridized carbons (Fsp3) is 0.708. The van der Waals surface area contributed by atoms with Gasteiger partial charge in [0.1, 0.15) is 6.10 Å². The second-order valence-electron chi connectivity index (χ2n) is 10.4. The smallest absolute Gasteiger partial charge is 0.426 e. The maximum atomic E-state index is 13.5. The lowest BCUT2D eigenvalue weighted by Gasteiger charge is -2.48. The van der Waals surface area contributed by atoms with E-state index < -0.39 is 79.1 Å². The van der Waals surface area contributed by atoms with Crippen LogP contribution in [-0.4, -0.2) is 64.4 Å². The van der Waals surface area contributed by atoms with E-state index in [1.54, 1.807) is 0 Å². The second-order valence-corrected chi connectivity index (χ2v) is 12.7. The molecule has 3 atom stereocenters. The minimum atomic E-state index is -6.61. The number of esters is 1. The quantitative estimate of drug-likeness (QED) is 0.187. The molecule has 236 valence electrons. The number of halogens is 12. The van der Waals surface area contributed by atoms with Crippen LogP contribution < -0.4 is 0 Å². The predicted molar refractivity (Wildman–Crippen MR) is 122 cm³/mol. The van der Waals surface area contributed by atoms with Gasteiger partial charge in [-0.3, -0.25) is 0 Å². The van der Waals surface area contributed by atoms with Gasteiger partial charge in [-0.1, -0.05) is 32.9 Å². The summed E-state index contributed by atoms with van der Waals surface area (Å²) in [5.41, 5.74) is -11.2. The third-order valence-electron chi connectivity index (χ3n) is 7.31. The molecule has 3 unspecified atom stereocenters. The van der Waals surface area contributed by atoms with Gasteiger partial charge in [0.15, 0.2) is 0 Å². The van der Waals surface area contributed by atoms with Crippen LogP contribution in [0.3, 0.4) is 0 Å². The Labute approximate surface area is 228 Å². The monoisotopic (exact) mass is 638 g/mol. The van der Waals surface area contributed by atoms with Gasteiger partial charge in [-0.2, -0.15) is 52.7 Å². The largest absolute Gasteiger partial charge is 0.459 e. The van der Waals surface area contributed by atoms with Crippen molar-refractivity contribution in [3.63, 3.8) is 0 Å². The first-order chi connectivity index (χ1) is 18.2. The Hall–Kier alpha value is -1.80. The standard InChI is InChI=1S/C24H27F12O4P/c1-4-41-18(2,3)13-7-5-12(6-8-13)17(37)40-16-10-14(19(38,21(25,26)27)22(28,29)30)9-15(11-16)20(39,23(31,32)33)24(34,35)36/h5-8,14-16,38-39,41H,4,9-11H2,1-3H3. The van der Waals surface area contributed by atoms with Gasteiger partial charge in [-0.25, -0.2) is 4.79 Å². The average molecular weight is 638 g/mol. The second kappa shape index (κ2) is 11.4. The zero-order chi connectivity index (χ0) is 32.0. The minimum Gasteiger partial charge on any atom is -0.459 e. The molecule has 0 aliphatic heterocycles. The molecule has 1 aromatic carbocycles. The van der Waals surface area contributed by atoms with Crippen molar-refractivity contribution in [3.05, 3.63) is 35.4 Å². The summed E-state index contributed by atoms with van der Waals surface area (Å²) in [6.07, 6.45) is -33.4. The van der Waals surface area contributed by atoms with Crippen molar-refractivity contribution in [1.29, 1.82) is 0 Å². The first-order valence-electron chi connectivity index (χ1n) is 12.0. The molecule has 2 rings (SSSR count). The summed E-state index contributed by atoms with van der Waals surface area (Å²) in [6.45, 7) is 5.69. The third kappa shape index (κ3) is 6.74. The highest BCUT2D eigenvalue weighted by molar-refractivity contribution is 7.39. The molecule has 1 fully saturated rings. The molecule has 1 saturated carbocycles. The third-order valence-corrected chi connectivity index (χ3v) is 8.84. The van der Waals surface area contributed by atoms with Gasteiger partial charge in [0, 0.05) is 17.0 Å². The lowest BCUT2D eigenvalue weighted by Crippen LogP contribution is -2.67. The van der Waals surface area contributed by atoms with E-state index in [0.29, 0.717) is 8.58 Å². The van der Waals surface area contributed by atoms with Crippen LogP contribution in [0.25, 0.3) is 0 Å². The highest BCUT2D eigenvalue weighted by Crippen LogP contribution is 2.58. The van der Waals surface area contributed by atoms with Gasteiger partial charge in [0.2, 0.25) is 0 Å². The fourth-order valence-electron chi connectivity index (χ4n) is 5.08. The van der Waals surface area contributed by atoms with Crippen LogP contribution in [0.2, 0.25) is 0 Å². The Kier molecular flexibility index (Phi) is 9.81. The van der Waals surface area contributed by atoms with Crippen LogP contribution in [0.4, 0.5) is 52.7 Å². The van der Waals surface area contributed by atoms with Gasteiger partial charge < -0.3 is 14.9 Å². The maximum Gasteiger partial charge on any atom is 0.426 e. The average Bonchev–Trinajstić information content (AvgIpc) is 2.79. The number of hydrogen-bond acceptors (Lipinski definition) is 4. The number of hydrogen-bond donors (Lipinski definition) is 2. The molecular weight excluding hydrogens is 611 g/mol. The summed E-state index contributed by atoms with van der Waals surface area (Å²) in [7, 11) is 0.446. The molecule has 0 bridgehead atoms. The zero-order valence-corrected chi connectivity index (χ0v) is 22.6. The first kappa shape index (κ1) is 35.4. The highest BCUT2D eigenvalue weighted by atomic mass is 31.1. The number of aliphatic hydroxyl groups is 2. The highest BCUT2D eigenvalue weighted by Gasteiger charge is 2.78. The number of rotatable bonds is 7. The van der Waals surface area contributed by atoms with Crippen LogP contribution in [0.5, 0.6) is 0 Å². The molecule has 4 nitrogen and oxygen atoms in total. The Morgan fingerprint density at radius 3 is 1.44 bits per heavy atom.